The van der Waals surface area contributed by atoms with Gasteiger partial charge < -0.3 is 4.74 Å². The third kappa shape index (κ3) is 2.95. The van der Waals surface area contributed by atoms with Gasteiger partial charge in [-0.3, -0.25) is 0 Å². The van der Waals surface area contributed by atoms with E-state index in [0.717, 1.165) is 35.8 Å². The smallest absolute Gasteiger partial charge is 0.196 e. The monoisotopic (exact) mass is 259 g/mol. The summed E-state index contributed by atoms with van der Waals surface area (Å²) < 4.78 is 7.72. The van der Waals surface area contributed by atoms with Crippen LogP contribution in [0.2, 0.25) is 0 Å². The Balaban J connectivity index is 2.48. The zero-order valence-electron chi connectivity index (χ0n) is 12.1. The number of hydrogen-bond donors (Lipinski definition) is 0. The highest BCUT2D eigenvalue weighted by Crippen LogP contribution is 2.23. The zero-order chi connectivity index (χ0) is 13.8. The van der Waals surface area contributed by atoms with Crippen molar-refractivity contribution in [1.29, 1.82) is 0 Å². The van der Waals surface area contributed by atoms with E-state index >= 15 is 0 Å². The van der Waals surface area contributed by atoms with Crippen molar-refractivity contribution in [3.8, 4) is 11.6 Å². The maximum atomic E-state index is 5.82. The summed E-state index contributed by atoms with van der Waals surface area (Å²) in [6.07, 6.45) is 3.74. The lowest BCUT2D eigenvalue weighted by atomic mass is 10.2. The molecule has 0 saturated heterocycles. The van der Waals surface area contributed by atoms with Crippen LogP contribution in [0.4, 0.5) is 0 Å². The molecular weight excluding hydrogens is 238 g/mol. The molecule has 102 valence electrons. The summed E-state index contributed by atoms with van der Waals surface area (Å²) in [5, 5.41) is 4.61. The lowest BCUT2D eigenvalue weighted by Gasteiger charge is -2.14. The van der Waals surface area contributed by atoms with Crippen LogP contribution in [0, 0.1) is 0 Å². The fraction of sp³-hybridized carbons (Fsp3) is 0.467. The molecule has 0 aliphatic rings. The quantitative estimate of drug-likeness (QED) is 0.828. The van der Waals surface area contributed by atoms with E-state index in [9.17, 15) is 0 Å². The van der Waals surface area contributed by atoms with E-state index < -0.39 is 0 Å². The first-order valence-corrected chi connectivity index (χ1v) is 6.85. The molecular formula is C15H21N3O. The molecule has 0 bridgehead atoms. The first kappa shape index (κ1) is 13.6. The molecule has 2 rings (SSSR count). The maximum absolute atomic E-state index is 5.82. The van der Waals surface area contributed by atoms with E-state index in [1.165, 1.54) is 0 Å². The molecule has 4 nitrogen and oxygen atoms in total. The van der Waals surface area contributed by atoms with Crippen LogP contribution in [0.15, 0.2) is 24.4 Å². The number of aromatic nitrogens is 3. The van der Waals surface area contributed by atoms with Crippen LogP contribution in [0.5, 0.6) is 5.75 Å². The van der Waals surface area contributed by atoms with Crippen LogP contribution in [0.3, 0.4) is 0 Å². The maximum Gasteiger partial charge on any atom is 0.196 e. The fourth-order valence-electron chi connectivity index (χ4n) is 1.97. The van der Waals surface area contributed by atoms with Gasteiger partial charge in [0.25, 0.3) is 0 Å². The minimum absolute atomic E-state index is 0.120. The van der Waals surface area contributed by atoms with E-state index in [4.69, 9.17) is 4.74 Å². The van der Waals surface area contributed by atoms with Gasteiger partial charge in [-0.1, -0.05) is 13.8 Å². The second kappa shape index (κ2) is 5.87. The summed E-state index contributed by atoms with van der Waals surface area (Å²) in [6.45, 7) is 8.26. The number of pyridine rings is 1. The Morgan fingerprint density at radius 1 is 1.26 bits per heavy atom. The Morgan fingerprint density at radius 2 is 2.05 bits per heavy atom. The molecule has 0 radical (unpaired) electrons. The number of nitrogens with zero attached hydrogens (tertiary/aromatic N) is 3. The summed E-state index contributed by atoms with van der Waals surface area (Å²) in [4.78, 5) is 4.43. The summed E-state index contributed by atoms with van der Waals surface area (Å²) >= 11 is 0. The Labute approximate surface area is 114 Å². The first-order chi connectivity index (χ1) is 9.15. The third-order valence-corrected chi connectivity index (χ3v) is 2.87. The molecule has 2 aromatic rings. The Kier molecular flexibility index (Phi) is 4.20. The van der Waals surface area contributed by atoms with Crippen LogP contribution in [0.25, 0.3) is 5.82 Å². The summed E-state index contributed by atoms with van der Waals surface area (Å²) in [5.74, 6) is 1.55. The van der Waals surface area contributed by atoms with E-state index in [0.29, 0.717) is 0 Å². The van der Waals surface area contributed by atoms with Gasteiger partial charge in [-0.25, -0.2) is 9.67 Å². The predicted molar refractivity (Wildman–Crippen MR) is 75.9 cm³/mol. The summed E-state index contributed by atoms with van der Waals surface area (Å²) in [5.41, 5.74) is 2.24. The molecule has 0 amide bonds. The summed E-state index contributed by atoms with van der Waals surface area (Å²) in [6, 6.07) is 5.96. The van der Waals surface area contributed by atoms with Crippen LogP contribution < -0.4 is 4.74 Å². The molecule has 0 aromatic carbocycles. The highest BCUT2D eigenvalue weighted by molar-refractivity contribution is 5.41. The number of ether oxygens (including phenoxy) is 1. The van der Waals surface area contributed by atoms with E-state index in [-0.39, 0.29) is 6.10 Å². The minimum atomic E-state index is 0.120. The molecule has 0 N–H and O–H groups in total. The normalized spacial score (nSPS) is 11.0. The van der Waals surface area contributed by atoms with Gasteiger partial charge in [0.1, 0.15) is 0 Å². The van der Waals surface area contributed by atoms with Crippen molar-refractivity contribution >= 4 is 0 Å². The van der Waals surface area contributed by atoms with Gasteiger partial charge in [0, 0.05) is 11.9 Å². The SMILES string of the molecule is CCc1cc(CC)n(-c2ncccc2OC(C)C)n1. The second-order valence-electron chi connectivity index (χ2n) is 4.74. The molecule has 4 heteroatoms. The molecule has 0 atom stereocenters. The molecule has 2 heterocycles. The van der Waals surface area contributed by atoms with Crippen molar-refractivity contribution in [3.05, 3.63) is 35.8 Å². The molecule has 0 aliphatic heterocycles. The van der Waals surface area contributed by atoms with Crippen LogP contribution in [0.1, 0.15) is 39.1 Å². The number of hydrogen-bond acceptors (Lipinski definition) is 3. The van der Waals surface area contributed by atoms with E-state index in [1.54, 1.807) is 6.20 Å². The summed E-state index contributed by atoms with van der Waals surface area (Å²) in [7, 11) is 0. The van der Waals surface area contributed by atoms with E-state index in [2.05, 4.69) is 30.0 Å². The van der Waals surface area contributed by atoms with Crippen molar-refractivity contribution in [1.82, 2.24) is 14.8 Å². The van der Waals surface area contributed by atoms with E-state index in [1.807, 2.05) is 30.7 Å². The van der Waals surface area contributed by atoms with Gasteiger partial charge in [-0.15, -0.1) is 0 Å². The topological polar surface area (TPSA) is 39.9 Å². The Morgan fingerprint density at radius 3 is 2.68 bits per heavy atom. The molecule has 0 fully saturated rings. The number of rotatable bonds is 5. The van der Waals surface area contributed by atoms with Crippen LogP contribution >= 0.6 is 0 Å². The van der Waals surface area contributed by atoms with Gasteiger partial charge in [-0.05, 0) is 44.9 Å². The van der Waals surface area contributed by atoms with Crippen molar-refractivity contribution in [2.45, 2.75) is 46.6 Å². The van der Waals surface area contributed by atoms with Crippen molar-refractivity contribution in [2.24, 2.45) is 0 Å². The minimum Gasteiger partial charge on any atom is -0.487 e. The second-order valence-corrected chi connectivity index (χ2v) is 4.74. The molecule has 0 aliphatic carbocycles. The van der Waals surface area contributed by atoms with Gasteiger partial charge in [-0.2, -0.15) is 5.10 Å². The van der Waals surface area contributed by atoms with Crippen molar-refractivity contribution in [2.75, 3.05) is 0 Å². The Bertz CT molecular complexity index is 546. The standard InChI is InChI=1S/C15H21N3O/c1-5-12-10-13(6-2)18(17-12)15-14(19-11(3)4)8-7-9-16-15/h7-11H,5-6H2,1-4H3. The van der Waals surface area contributed by atoms with Crippen LogP contribution in [-0.2, 0) is 12.8 Å². The molecule has 0 saturated carbocycles. The molecule has 0 spiro atoms. The lowest BCUT2D eigenvalue weighted by molar-refractivity contribution is 0.240. The third-order valence-electron chi connectivity index (χ3n) is 2.87. The largest absolute Gasteiger partial charge is 0.487 e. The van der Waals surface area contributed by atoms with Gasteiger partial charge >= 0.3 is 0 Å². The fourth-order valence-corrected chi connectivity index (χ4v) is 1.97. The van der Waals surface area contributed by atoms with Gasteiger partial charge in [0.15, 0.2) is 11.6 Å². The molecule has 19 heavy (non-hydrogen) atoms. The van der Waals surface area contributed by atoms with Crippen molar-refractivity contribution in [3.63, 3.8) is 0 Å². The van der Waals surface area contributed by atoms with Gasteiger partial charge in [0.05, 0.1) is 11.8 Å². The average molecular weight is 259 g/mol. The Hall–Kier alpha value is -1.84. The first-order valence-electron chi connectivity index (χ1n) is 6.85. The van der Waals surface area contributed by atoms with Gasteiger partial charge in [0.2, 0.25) is 0 Å². The molecule has 0 unspecified atom stereocenters. The van der Waals surface area contributed by atoms with Crippen molar-refractivity contribution < 1.29 is 4.74 Å². The zero-order valence-corrected chi connectivity index (χ0v) is 12.1. The highest BCUT2D eigenvalue weighted by Gasteiger charge is 2.13. The predicted octanol–water partition coefficient (Wildman–Crippen LogP) is 3.18. The number of aryl methyl sites for hydroxylation is 2. The highest BCUT2D eigenvalue weighted by atomic mass is 16.5. The molecule has 2 aromatic heterocycles. The van der Waals surface area contributed by atoms with Crippen LogP contribution in [-0.4, -0.2) is 20.9 Å². The lowest BCUT2D eigenvalue weighted by Crippen LogP contribution is -2.11. The average Bonchev–Trinajstić information content (AvgIpc) is 2.82.